The van der Waals surface area contributed by atoms with Crippen LogP contribution in [0, 0.1) is 18.3 Å². The lowest BCUT2D eigenvalue weighted by atomic mass is 10.2. The van der Waals surface area contributed by atoms with E-state index in [9.17, 15) is 0 Å². The van der Waals surface area contributed by atoms with E-state index in [2.05, 4.69) is 26.7 Å². The van der Waals surface area contributed by atoms with Gasteiger partial charge in [-0.2, -0.15) is 10.2 Å². The molecule has 2 N–H and O–H groups in total. The molecule has 26 heavy (non-hydrogen) atoms. The monoisotopic (exact) mass is 345 g/mol. The van der Waals surface area contributed by atoms with Gasteiger partial charge in [0.05, 0.1) is 11.6 Å². The first-order valence-electron chi connectivity index (χ1n) is 7.99. The number of aryl methyl sites for hydroxylation is 1. The smallest absolute Gasteiger partial charge is 0.231 e. The van der Waals surface area contributed by atoms with Crippen LogP contribution in [0.5, 0.6) is 11.5 Å². The van der Waals surface area contributed by atoms with Gasteiger partial charge in [0.2, 0.25) is 12.7 Å². The van der Waals surface area contributed by atoms with Crippen molar-refractivity contribution in [3.63, 3.8) is 0 Å². The number of aromatic nitrogens is 2. The zero-order valence-electron chi connectivity index (χ0n) is 14.0. The summed E-state index contributed by atoms with van der Waals surface area (Å²) in [6.07, 6.45) is 0. The largest absolute Gasteiger partial charge is 0.454 e. The lowest BCUT2D eigenvalue weighted by Gasteiger charge is -2.10. The molecule has 0 unspecified atom stereocenters. The van der Waals surface area contributed by atoms with Crippen LogP contribution in [0.1, 0.15) is 11.3 Å². The summed E-state index contributed by atoms with van der Waals surface area (Å²) in [5, 5.41) is 15.3. The van der Waals surface area contributed by atoms with Gasteiger partial charge in [-0.3, -0.25) is 0 Å². The molecule has 4 rings (SSSR count). The molecule has 1 aliphatic heterocycles. The third kappa shape index (κ3) is 3.35. The number of hydrogen-bond donors (Lipinski definition) is 2. The van der Waals surface area contributed by atoms with Gasteiger partial charge in [-0.05, 0) is 43.3 Å². The third-order valence-corrected chi connectivity index (χ3v) is 3.77. The summed E-state index contributed by atoms with van der Waals surface area (Å²) in [6, 6.07) is 16.7. The standard InChI is InChI=1S/C19H15N5O2/c1-12-8-18(22-15-6-7-16-17(9-15)26-11-25-16)24-19(21-12)23-14-4-2-13(10-20)3-5-14/h2-9H,11H2,1H3,(H2,21,22,23,24). The van der Waals surface area contributed by atoms with E-state index in [1.165, 1.54) is 0 Å². The Balaban J connectivity index is 1.55. The first kappa shape index (κ1) is 15.7. The van der Waals surface area contributed by atoms with Crippen LogP contribution in [0.2, 0.25) is 0 Å². The molecule has 2 aromatic carbocycles. The van der Waals surface area contributed by atoms with Crippen LogP contribution in [0.4, 0.5) is 23.1 Å². The number of nitriles is 1. The Kier molecular flexibility index (Phi) is 4.00. The van der Waals surface area contributed by atoms with E-state index < -0.39 is 0 Å². The number of nitrogens with zero attached hydrogens (tertiary/aromatic N) is 3. The predicted octanol–water partition coefficient (Wildman–Crippen LogP) is 3.87. The summed E-state index contributed by atoms with van der Waals surface area (Å²) < 4.78 is 10.7. The van der Waals surface area contributed by atoms with Crippen LogP contribution < -0.4 is 20.1 Å². The van der Waals surface area contributed by atoms with E-state index in [0.717, 1.165) is 22.8 Å². The zero-order chi connectivity index (χ0) is 17.9. The summed E-state index contributed by atoms with van der Waals surface area (Å²) in [5.74, 6) is 2.57. The average molecular weight is 345 g/mol. The first-order chi connectivity index (χ1) is 12.7. The normalized spacial score (nSPS) is 11.7. The molecule has 1 aromatic heterocycles. The highest BCUT2D eigenvalue weighted by molar-refractivity contribution is 5.64. The van der Waals surface area contributed by atoms with E-state index in [1.54, 1.807) is 12.1 Å². The Morgan fingerprint density at radius 3 is 2.50 bits per heavy atom. The van der Waals surface area contributed by atoms with Crippen molar-refractivity contribution in [1.82, 2.24) is 9.97 Å². The molecule has 0 aliphatic carbocycles. The van der Waals surface area contributed by atoms with Crippen molar-refractivity contribution >= 4 is 23.1 Å². The van der Waals surface area contributed by atoms with Gasteiger partial charge in [-0.25, -0.2) is 4.98 Å². The van der Waals surface area contributed by atoms with Crippen molar-refractivity contribution in [3.8, 4) is 17.6 Å². The van der Waals surface area contributed by atoms with Crippen molar-refractivity contribution in [2.24, 2.45) is 0 Å². The van der Waals surface area contributed by atoms with Crippen LogP contribution in [0.15, 0.2) is 48.5 Å². The van der Waals surface area contributed by atoms with Crippen molar-refractivity contribution in [2.75, 3.05) is 17.4 Å². The molecule has 0 atom stereocenters. The van der Waals surface area contributed by atoms with Crippen LogP contribution in [-0.4, -0.2) is 16.8 Å². The van der Waals surface area contributed by atoms with Crippen LogP contribution >= 0.6 is 0 Å². The van der Waals surface area contributed by atoms with E-state index in [0.29, 0.717) is 23.1 Å². The summed E-state index contributed by atoms with van der Waals surface area (Å²) in [6.45, 7) is 2.14. The second kappa shape index (κ2) is 6.61. The number of rotatable bonds is 4. The van der Waals surface area contributed by atoms with E-state index in [-0.39, 0.29) is 6.79 Å². The minimum atomic E-state index is 0.240. The van der Waals surface area contributed by atoms with E-state index in [1.807, 2.05) is 43.3 Å². The van der Waals surface area contributed by atoms with Crippen LogP contribution in [0.3, 0.4) is 0 Å². The summed E-state index contributed by atoms with van der Waals surface area (Å²) in [7, 11) is 0. The number of benzene rings is 2. The number of hydrogen-bond acceptors (Lipinski definition) is 7. The van der Waals surface area contributed by atoms with Gasteiger partial charge in [-0.1, -0.05) is 0 Å². The molecule has 7 heteroatoms. The molecular formula is C19H15N5O2. The van der Waals surface area contributed by atoms with E-state index in [4.69, 9.17) is 14.7 Å². The maximum atomic E-state index is 8.87. The molecule has 0 spiro atoms. The molecule has 7 nitrogen and oxygen atoms in total. The molecule has 3 aromatic rings. The Morgan fingerprint density at radius 2 is 1.69 bits per heavy atom. The van der Waals surface area contributed by atoms with Gasteiger partial charge in [0.15, 0.2) is 11.5 Å². The lowest BCUT2D eigenvalue weighted by molar-refractivity contribution is 0.174. The van der Waals surface area contributed by atoms with Gasteiger partial charge >= 0.3 is 0 Å². The fourth-order valence-electron chi connectivity index (χ4n) is 2.57. The molecule has 0 saturated heterocycles. The quantitative estimate of drug-likeness (QED) is 0.741. The number of ether oxygens (including phenoxy) is 2. The molecular weight excluding hydrogens is 330 g/mol. The Morgan fingerprint density at radius 1 is 0.923 bits per heavy atom. The van der Waals surface area contributed by atoms with Crippen LogP contribution in [-0.2, 0) is 0 Å². The predicted molar refractivity (Wildman–Crippen MR) is 97.1 cm³/mol. The number of nitrogens with one attached hydrogen (secondary N) is 2. The summed E-state index contributed by atoms with van der Waals surface area (Å²) >= 11 is 0. The topological polar surface area (TPSA) is 92.1 Å². The SMILES string of the molecule is Cc1cc(Nc2ccc3c(c2)OCO3)nc(Nc2ccc(C#N)cc2)n1. The van der Waals surface area contributed by atoms with Crippen molar-refractivity contribution in [3.05, 3.63) is 59.8 Å². The second-order valence-corrected chi connectivity index (χ2v) is 5.73. The molecule has 0 bridgehead atoms. The van der Waals surface area contributed by atoms with Gasteiger partial charge in [0.25, 0.3) is 0 Å². The minimum absolute atomic E-state index is 0.240. The molecule has 0 radical (unpaired) electrons. The lowest BCUT2D eigenvalue weighted by Crippen LogP contribution is -2.02. The number of anilines is 4. The molecule has 128 valence electrons. The van der Waals surface area contributed by atoms with Crippen molar-refractivity contribution in [1.29, 1.82) is 5.26 Å². The van der Waals surface area contributed by atoms with Gasteiger partial charge in [0, 0.05) is 29.2 Å². The zero-order valence-corrected chi connectivity index (χ0v) is 14.0. The molecule has 1 aliphatic rings. The van der Waals surface area contributed by atoms with Crippen molar-refractivity contribution in [2.45, 2.75) is 6.92 Å². The third-order valence-electron chi connectivity index (χ3n) is 3.77. The van der Waals surface area contributed by atoms with Gasteiger partial charge < -0.3 is 20.1 Å². The fraction of sp³-hybridized carbons (Fsp3) is 0.105. The van der Waals surface area contributed by atoms with E-state index >= 15 is 0 Å². The number of fused-ring (bicyclic) bond motifs is 1. The molecule has 0 fully saturated rings. The highest BCUT2D eigenvalue weighted by Crippen LogP contribution is 2.35. The minimum Gasteiger partial charge on any atom is -0.454 e. The first-order valence-corrected chi connectivity index (χ1v) is 7.99. The Bertz CT molecular complexity index is 996. The van der Waals surface area contributed by atoms with Crippen LogP contribution in [0.25, 0.3) is 0 Å². The highest BCUT2D eigenvalue weighted by Gasteiger charge is 2.13. The Hall–Kier alpha value is -3.79. The molecule has 2 heterocycles. The summed E-state index contributed by atoms with van der Waals surface area (Å²) in [5.41, 5.74) is 3.07. The highest BCUT2D eigenvalue weighted by atomic mass is 16.7. The maximum absolute atomic E-state index is 8.87. The molecule has 0 saturated carbocycles. The average Bonchev–Trinajstić information content (AvgIpc) is 3.09. The van der Waals surface area contributed by atoms with Gasteiger partial charge in [-0.15, -0.1) is 0 Å². The van der Waals surface area contributed by atoms with Crippen molar-refractivity contribution < 1.29 is 9.47 Å². The second-order valence-electron chi connectivity index (χ2n) is 5.73. The summed E-state index contributed by atoms with van der Waals surface area (Å²) in [4.78, 5) is 8.89. The van der Waals surface area contributed by atoms with Gasteiger partial charge in [0.1, 0.15) is 5.82 Å². The fourth-order valence-corrected chi connectivity index (χ4v) is 2.57. The Labute approximate surface area is 150 Å². The maximum Gasteiger partial charge on any atom is 0.231 e. The molecule has 0 amide bonds.